The summed E-state index contributed by atoms with van der Waals surface area (Å²) in [5.41, 5.74) is 6.70. The summed E-state index contributed by atoms with van der Waals surface area (Å²) in [7, 11) is 0. The minimum atomic E-state index is -0.528. The van der Waals surface area contributed by atoms with Crippen LogP contribution in [0.5, 0.6) is 0 Å². The Balaban J connectivity index is 2.15. The van der Waals surface area contributed by atoms with E-state index in [4.69, 9.17) is 15.2 Å². The zero-order chi connectivity index (χ0) is 18.4. The number of hydrogen-bond acceptors (Lipinski definition) is 6. The maximum atomic E-state index is 12.9. The lowest BCUT2D eigenvalue weighted by Gasteiger charge is -2.37. The fraction of sp³-hybridized carbons (Fsp3) is 0.474. The zero-order valence-electron chi connectivity index (χ0n) is 15.0. The van der Waals surface area contributed by atoms with E-state index < -0.39 is 11.9 Å². The summed E-state index contributed by atoms with van der Waals surface area (Å²) in [6, 6.07) is 3.92. The zero-order valence-corrected chi connectivity index (χ0v) is 15.8. The average Bonchev–Trinajstić information content (AvgIpc) is 2.90. The molecule has 1 atom stereocenters. The van der Waals surface area contributed by atoms with Gasteiger partial charge in [-0.25, -0.2) is 4.79 Å². The lowest BCUT2D eigenvalue weighted by atomic mass is 9.71. The summed E-state index contributed by atoms with van der Waals surface area (Å²) in [5.74, 6) is -0.399. The molecule has 0 bridgehead atoms. The molecule has 2 N–H and O–H groups in total. The predicted molar refractivity (Wildman–Crippen MR) is 95.8 cm³/mol. The number of Topliss-reactive ketones (excluding diaryl/α,β-unsaturated/α-hetero) is 1. The van der Waals surface area contributed by atoms with Crippen molar-refractivity contribution in [1.29, 1.82) is 0 Å². The maximum absolute atomic E-state index is 12.9. The smallest absolute Gasteiger partial charge is 0.340 e. The molecule has 134 valence electrons. The van der Waals surface area contributed by atoms with Gasteiger partial charge in [-0.15, -0.1) is 11.3 Å². The van der Waals surface area contributed by atoms with Gasteiger partial charge in [0.25, 0.3) is 0 Å². The summed E-state index contributed by atoms with van der Waals surface area (Å²) >= 11 is 1.55. The molecule has 1 aromatic heterocycles. The number of hydrogen-bond donors (Lipinski definition) is 1. The van der Waals surface area contributed by atoms with Gasteiger partial charge in [-0.05, 0) is 31.4 Å². The van der Waals surface area contributed by atoms with Crippen LogP contribution in [-0.4, -0.2) is 18.4 Å². The van der Waals surface area contributed by atoms with Crippen LogP contribution in [0.25, 0.3) is 0 Å². The Hall–Kier alpha value is -2.08. The summed E-state index contributed by atoms with van der Waals surface area (Å²) in [6.45, 7) is 8.03. The van der Waals surface area contributed by atoms with E-state index in [1.165, 1.54) is 0 Å². The molecule has 0 fully saturated rings. The molecule has 0 amide bonds. The second kappa shape index (κ2) is 6.33. The van der Waals surface area contributed by atoms with Gasteiger partial charge in [0.2, 0.25) is 5.88 Å². The molecule has 25 heavy (non-hydrogen) atoms. The van der Waals surface area contributed by atoms with Crippen LogP contribution in [0.2, 0.25) is 0 Å². The quantitative estimate of drug-likeness (QED) is 0.833. The molecule has 2 heterocycles. The molecule has 0 spiro atoms. The highest BCUT2D eigenvalue weighted by atomic mass is 32.1. The van der Waals surface area contributed by atoms with Gasteiger partial charge < -0.3 is 15.2 Å². The Morgan fingerprint density at radius 3 is 2.72 bits per heavy atom. The third kappa shape index (κ3) is 3.23. The Bertz CT molecular complexity index is 800. The molecule has 0 aromatic carbocycles. The average molecular weight is 361 g/mol. The van der Waals surface area contributed by atoms with Crippen molar-refractivity contribution in [2.45, 2.75) is 46.5 Å². The van der Waals surface area contributed by atoms with Gasteiger partial charge >= 0.3 is 5.97 Å². The van der Waals surface area contributed by atoms with Crippen molar-refractivity contribution in [2.75, 3.05) is 6.61 Å². The van der Waals surface area contributed by atoms with Crippen LogP contribution in [0.15, 0.2) is 34.9 Å². The van der Waals surface area contributed by atoms with E-state index in [-0.39, 0.29) is 29.3 Å². The highest BCUT2D eigenvalue weighted by molar-refractivity contribution is 7.12. The minimum absolute atomic E-state index is 0.0107. The van der Waals surface area contributed by atoms with Crippen molar-refractivity contribution in [3.8, 4) is 0 Å². The van der Waals surface area contributed by atoms with Gasteiger partial charge in [0.1, 0.15) is 11.3 Å². The molecule has 3 rings (SSSR count). The molecule has 0 unspecified atom stereocenters. The second-order valence-corrected chi connectivity index (χ2v) is 8.58. The van der Waals surface area contributed by atoms with E-state index in [1.54, 1.807) is 18.3 Å². The fourth-order valence-electron chi connectivity index (χ4n) is 3.49. The number of carbonyl (C=O) groups excluding carboxylic acids is 2. The SMILES string of the molecule is CCOC(=O)C1=C(N)OC2=C(C(=O)CC(C)(C)C2)[C@H]1c1ccc(C)s1. The van der Waals surface area contributed by atoms with Gasteiger partial charge in [0.15, 0.2) is 5.78 Å². The van der Waals surface area contributed by atoms with E-state index in [2.05, 4.69) is 0 Å². The fourth-order valence-corrected chi connectivity index (χ4v) is 4.48. The van der Waals surface area contributed by atoms with Crippen LogP contribution in [0, 0.1) is 12.3 Å². The van der Waals surface area contributed by atoms with E-state index in [0.717, 1.165) is 9.75 Å². The topological polar surface area (TPSA) is 78.6 Å². The van der Waals surface area contributed by atoms with Gasteiger partial charge in [-0.3, -0.25) is 4.79 Å². The molecule has 0 radical (unpaired) electrons. The first kappa shape index (κ1) is 17.7. The van der Waals surface area contributed by atoms with Gasteiger partial charge in [0.05, 0.1) is 12.5 Å². The number of aryl methyl sites for hydroxylation is 1. The molecule has 6 heteroatoms. The summed E-state index contributed by atoms with van der Waals surface area (Å²) in [5, 5.41) is 0. The van der Waals surface area contributed by atoms with Crippen LogP contribution in [-0.2, 0) is 19.1 Å². The summed E-state index contributed by atoms with van der Waals surface area (Å²) < 4.78 is 10.9. The molecular weight excluding hydrogens is 338 g/mol. The van der Waals surface area contributed by atoms with Crippen LogP contribution in [0.1, 0.15) is 49.3 Å². The third-order valence-corrected chi connectivity index (χ3v) is 5.56. The van der Waals surface area contributed by atoms with Gasteiger partial charge in [-0.2, -0.15) is 0 Å². The molecule has 5 nitrogen and oxygen atoms in total. The molecular formula is C19H23NO4S. The number of rotatable bonds is 3. The Labute approximate surface area is 151 Å². The number of allylic oxidation sites excluding steroid dienone is 2. The molecule has 1 aliphatic heterocycles. The van der Waals surface area contributed by atoms with E-state index in [1.807, 2.05) is 32.9 Å². The van der Waals surface area contributed by atoms with Crippen molar-refractivity contribution in [2.24, 2.45) is 11.1 Å². The van der Waals surface area contributed by atoms with Crippen molar-refractivity contribution >= 4 is 23.1 Å². The van der Waals surface area contributed by atoms with E-state index in [9.17, 15) is 9.59 Å². The number of thiophene rings is 1. The van der Waals surface area contributed by atoms with Gasteiger partial charge in [-0.1, -0.05) is 13.8 Å². The number of carbonyl (C=O) groups is 2. The van der Waals surface area contributed by atoms with E-state index in [0.29, 0.717) is 24.2 Å². The van der Waals surface area contributed by atoms with Crippen molar-refractivity contribution in [3.63, 3.8) is 0 Å². The first-order chi connectivity index (χ1) is 11.7. The maximum Gasteiger partial charge on any atom is 0.340 e. The lowest BCUT2D eigenvalue weighted by Crippen LogP contribution is -2.35. The van der Waals surface area contributed by atoms with Crippen LogP contribution in [0.4, 0.5) is 0 Å². The Morgan fingerprint density at radius 2 is 2.12 bits per heavy atom. The Morgan fingerprint density at radius 1 is 1.40 bits per heavy atom. The van der Waals surface area contributed by atoms with Crippen molar-refractivity contribution in [3.05, 3.63) is 44.7 Å². The largest absolute Gasteiger partial charge is 0.462 e. The summed E-state index contributed by atoms with van der Waals surface area (Å²) in [4.78, 5) is 27.5. The first-order valence-corrected chi connectivity index (χ1v) is 9.22. The standard InChI is InChI=1S/C19H23NO4S/c1-5-23-18(22)16-15(13-7-6-10(2)25-13)14-11(21)8-19(3,4)9-12(14)24-17(16)20/h6-7,15H,5,8-9,20H2,1-4H3/t15-/m1/s1. The molecule has 1 aromatic rings. The number of ether oxygens (including phenoxy) is 2. The van der Waals surface area contributed by atoms with Crippen molar-refractivity contribution < 1.29 is 19.1 Å². The normalized spacial score (nSPS) is 22.6. The minimum Gasteiger partial charge on any atom is -0.462 e. The van der Waals surface area contributed by atoms with E-state index >= 15 is 0 Å². The van der Waals surface area contributed by atoms with Crippen LogP contribution >= 0.6 is 11.3 Å². The molecule has 1 aliphatic carbocycles. The number of nitrogens with two attached hydrogens (primary N) is 1. The first-order valence-electron chi connectivity index (χ1n) is 8.40. The van der Waals surface area contributed by atoms with Crippen molar-refractivity contribution in [1.82, 2.24) is 0 Å². The highest BCUT2D eigenvalue weighted by Crippen LogP contribution is 2.49. The van der Waals surface area contributed by atoms with Gasteiger partial charge in [0, 0.05) is 28.2 Å². The predicted octanol–water partition coefficient (Wildman–Crippen LogP) is 3.55. The molecule has 0 saturated carbocycles. The van der Waals surface area contributed by atoms with Crippen LogP contribution < -0.4 is 5.73 Å². The van der Waals surface area contributed by atoms with Crippen LogP contribution in [0.3, 0.4) is 0 Å². The third-order valence-electron chi connectivity index (χ3n) is 4.50. The lowest BCUT2D eigenvalue weighted by molar-refractivity contribution is -0.139. The molecule has 0 saturated heterocycles. The Kier molecular flexibility index (Phi) is 4.49. The monoisotopic (exact) mass is 361 g/mol. The summed E-state index contributed by atoms with van der Waals surface area (Å²) in [6.07, 6.45) is 1.04. The molecule has 2 aliphatic rings. The number of esters is 1. The highest BCUT2D eigenvalue weighted by Gasteiger charge is 2.45. The number of ketones is 1. The second-order valence-electron chi connectivity index (χ2n) is 7.26.